The summed E-state index contributed by atoms with van der Waals surface area (Å²) in [7, 11) is 1.84. The SMILES string of the molecule is Cn1ncnc1CCNC(=O)c1ccc(C(C)(C)C)cc1. The second-order valence-electron chi connectivity index (χ2n) is 6.13. The van der Waals surface area contributed by atoms with Crippen molar-refractivity contribution in [3.05, 3.63) is 47.5 Å². The van der Waals surface area contributed by atoms with Gasteiger partial charge in [0.15, 0.2) is 0 Å². The van der Waals surface area contributed by atoms with Crippen LogP contribution in [0.25, 0.3) is 0 Å². The van der Waals surface area contributed by atoms with Gasteiger partial charge in [-0.15, -0.1) is 0 Å². The van der Waals surface area contributed by atoms with E-state index in [1.807, 2.05) is 31.3 Å². The monoisotopic (exact) mass is 286 g/mol. The number of amides is 1. The zero-order valence-corrected chi connectivity index (χ0v) is 13.1. The Morgan fingerprint density at radius 3 is 2.43 bits per heavy atom. The molecule has 0 unspecified atom stereocenters. The molecule has 1 heterocycles. The molecule has 0 aliphatic heterocycles. The van der Waals surface area contributed by atoms with Crippen LogP contribution in [0, 0.1) is 0 Å². The Labute approximate surface area is 125 Å². The van der Waals surface area contributed by atoms with Crippen molar-refractivity contribution >= 4 is 5.91 Å². The highest BCUT2D eigenvalue weighted by molar-refractivity contribution is 5.94. The molecule has 0 atom stereocenters. The van der Waals surface area contributed by atoms with Crippen molar-refractivity contribution in [3.8, 4) is 0 Å². The summed E-state index contributed by atoms with van der Waals surface area (Å²) in [4.78, 5) is 16.2. The smallest absolute Gasteiger partial charge is 0.251 e. The fraction of sp³-hybridized carbons (Fsp3) is 0.438. The first-order chi connectivity index (χ1) is 9.88. The maximum absolute atomic E-state index is 12.1. The zero-order valence-electron chi connectivity index (χ0n) is 13.1. The van der Waals surface area contributed by atoms with Gasteiger partial charge in [-0.2, -0.15) is 5.10 Å². The van der Waals surface area contributed by atoms with Crippen molar-refractivity contribution in [2.45, 2.75) is 32.6 Å². The topological polar surface area (TPSA) is 59.8 Å². The molecule has 5 nitrogen and oxygen atoms in total. The zero-order chi connectivity index (χ0) is 15.5. The molecule has 1 aromatic carbocycles. The number of hydrogen-bond acceptors (Lipinski definition) is 3. The average Bonchev–Trinajstić information content (AvgIpc) is 2.83. The van der Waals surface area contributed by atoms with Crippen LogP contribution in [0.2, 0.25) is 0 Å². The molecule has 1 amide bonds. The van der Waals surface area contributed by atoms with Gasteiger partial charge in [-0.25, -0.2) is 4.98 Å². The van der Waals surface area contributed by atoms with E-state index < -0.39 is 0 Å². The summed E-state index contributed by atoms with van der Waals surface area (Å²) in [6.07, 6.45) is 2.19. The predicted octanol–water partition coefficient (Wildman–Crippen LogP) is 2.09. The molecule has 21 heavy (non-hydrogen) atoms. The molecule has 2 rings (SSSR count). The molecule has 0 fully saturated rings. The molecule has 0 aliphatic carbocycles. The normalized spacial score (nSPS) is 11.4. The van der Waals surface area contributed by atoms with Crippen LogP contribution >= 0.6 is 0 Å². The van der Waals surface area contributed by atoms with Gasteiger partial charge in [0.1, 0.15) is 12.2 Å². The molecule has 0 spiro atoms. The third-order valence-electron chi connectivity index (χ3n) is 3.45. The fourth-order valence-electron chi connectivity index (χ4n) is 2.06. The van der Waals surface area contributed by atoms with E-state index in [0.29, 0.717) is 18.5 Å². The Balaban J connectivity index is 1.90. The third-order valence-corrected chi connectivity index (χ3v) is 3.45. The molecule has 0 radical (unpaired) electrons. The van der Waals surface area contributed by atoms with Gasteiger partial charge in [0.05, 0.1) is 0 Å². The first-order valence-corrected chi connectivity index (χ1v) is 7.09. The van der Waals surface area contributed by atoms with E-state index in [1.165, 1.54) is 11.9 Å². The Morgan fingerprint density at radius 2 is 1.90 bits per heavy atom. The third kappa shape index (κ3) is 3.90. The summed E-state index contributed by atoms with van der Waals surface area (Å²) in [6.45, 7) is 7.02. The second-order valence-corrected chi connectivity index (χ2v) is 6.13. The first-order valence-electron chi connectivity index (χ1n) is 7.09. The Kier molecular flexibility index (Phi) is 4.40. The van der Waals surface area contributed by atoms with Gasteiger partial charge in [-0.1, -0.05) is 32.9 Å². The van der Waals surface area contributed by atoms with Crippen molar-refractivity contribution in [1.29, 1.82) is 0 Å². The van der Waals surface area contributed by atoms with Crippen molar-refractivity contribution in [1.82, 2.24) is 20.1 Å². The maximum Gasteiger partial charge on any atom is 0.251 e. The van der Waals surface area contributed by atoms with Crippen molar-refractivity contribution in [3.63, 3.8) is 0 Å². The summed E-state index contributed by atoms with van der Waals surface area (Å²) in [6, 6.07) is 7.77. The molecule has 0 aliphatic rings. The molecule has 0 saturated carbocycles. The lowest BCUT2D eigenvalue weighted by Crippen LogP contribution is -2.26. The van der Waals surface area contributed by atoms with E-state index in [9.17, 15) is 4.79 Å². The molecule has 0 saturated heterocycles. The fourth-order valence-corrected chi connectivity index (χ4v) is 2.06. The van der Waals surface area contributed by atoms with E-state index in [1.54, 1.807) is 4.68 Å². The minimum Gasteiger partial charge on any atom is -0.352 e. The minimum absolute atomic E-state index is 0.0578. The number of hydrogen-bond donors (Lipinski definition) is 1. The van der Waals surface area contributed by atoms with E-state index >= 15 is 0 Å². The molecular weight excluding hydrogens is 264 g/mol. The van der Waals surface area contributed by atoms with Crippen LogP contribution in [-0.4, -0.2) is 27.2 Å². The predicted molar refractivity (Wildman–Crippen MR) is 82.2 cm³/mol. The van der Waals surface area contributed by atoms with Crippen LogP contribution in [-0.2, 0) is 18.9 Å². The summed E-state index contributed by atoms with van der Waals surface area (Å²) in [5.41, 5.74) is 2.00. The summed E-state index contributed by atoms with van der Waals surface area (Å²) in [5, 5.41) is 6.90. The van der Waals surface area contributed by atoms with Gasteiger partial charge < -0.3 is 5.32 Å². The lowest BCUT2D eigenvalue weighted by atomic mass is 9.87. The highest BCUT2D eigenvalue weighted by Crippen LogP contribution is 2.22. The lowest BCUT2D eigenvalue weighted by Gasteiger charge is -2.19. The van der Waals surface area contributed by atoms with Crippen LogP contribution in [0.15, 0.2) is 30.6 Å². The van der Waals surface area contributed by atoms with Gasteiger partial charge in [-0.3, -0.25) is 9.48 Å². The number of aromatic nitrogens is 3. The van der Waals surface area contributed by atoms with Gasteiger partial charge >= 0.3 is 0 Å². The molecule has 1 aromatic heterocycles. The first kappa shape index (κ1) is 15.2. The van der Waals surface area contributed by atoms with Crippen LogP contribution in [0.3, 0.4) is 0 Å². The highest BCUT2D eigenvalue weighted by atomic mass is 16.1. The van der Waals surface area contributed by atoms with Crippen LogP contribution in [0.4, 0.5) is 0 Å². The maximum atomic E-state index is 12.1. The number of benzene rings is 1. The van der Waals surface area contributed by atoms with Gasteiger partial charge in [0, 0.05) is 25.6 Å². The Morgan fingerprint density at radius 1 is 1.24 bits per heavy atom. The van der Waals surface area contributed by atoms with Crippen molar-refractivity contribution in [2.75, 3.05) is 6.54 Å². The molecular formula is C16H22N4O. The average molecular weight is 286 g/mol. The minimum atomic E-state index is -0.0578. The second kappa shape index (κ2) is 6.08. The van der Waals surface area contributed by atoms with Gasteiger partial charge in [-0.05, 0) is 23.1 Å². The van der Waals surface area contributed by atoms with E-state index in [4.69, 9.17) is 0 Å². The summed E-state index contributed by atoms with van der Waals surface area (Å²) >= 11 is 0. The number of aryl methyl sites for hydroxylation is 1. The van der Waals surface area contributed by atoms with E-state index in [2.05, 4.69) is 36.2 Å². The standard InChI is InChI=1S/C16H22N4O/c1-16(2,3)13-7-5-12(6-8-13)15(21)17-10-9-14-18-11-19-20(14)4/h5-8,11H,9-10H2,1-4H3,(H,17,21). The lowest BCUT2D eigenvalue weighted by molar-refractivity contribution is 0.0954. The van der Waals surface area contributed by atoms with Crippen molar-refractivity contribution in [2.24, 2.45) is 7.05 Å². The van der Waals surface area contributed by atoms with Crippen LogP contribution in [0.5, 0.6) is 0 Å². The Hall–Kier alpha value is -2.17. The number of nitrogens with zero attached hydrogens (tertiary/aromatic N) is 3. The largest absolute Gasteiger partial charge is 0.352 e. The molecule has 0 bridgehead atoms. The number of carbonyl (C=O) groups excluding carboxylic acids is 1. The van der Waals surface area contributed by atoms with Gasteiger partial charge in [0.25, 0.3) is 5.91 Å². The van der Waals surface area contributed by atoms with Gasteiger partial charge in [0.2, 0.25) is 0 Å². The van der Waals surface area contributed by atoms with E-state index in [-0.39, 0.29) is 11.3 Å². The van der Waals surface area contributed by atoms with Crippen LogP contribution in [0.1, 0.15) is 42.5 Å². The molecule has 112 valence electrons. The molecule has 1 N–H and O–H groups in total. The van der Waals surface area contributed by atoms with Crippen LogP contribution < -0.4 is 5.32 Å². The number of nitrogens with one attached hydrogen (secondary N) is 1. The van der Waals surface area contributed by atoms with E-state index in [0.717, 1.165) is 5.82 Å². The highest BCUT2D eigenvalue weighted by Gasteiger charge is 2.14. The summed E-state index contributed by atoms with van der Waals surface area (Å²) < 4.78 is 1.71. The van der Waals surface area contributed by atoms with Crippen molar-refractivity contribution < 1.29 is 4.79 Å². The molecule has 2 aromatic rings. The quantitative estimate of drug-likeness (QED) is 0.936. The summed E-state index contributed by atoms with van der Waals surface area (Å²) in [5.74, 6) is 0.802. The number of carbonyl (C=O) groups is 1. The number of rotatable bonds is 4. The molecule has 5 heteroatoms. The Bertz CT molecular complexity index is 608.